The van der Waals surface area contributed by atoms with Gasteiger partial charge in [0.2, 0.25) is 5.75 Å². The minimum atomic E-state index is -0.740. The van der Waals surface area contributed by atoms with Gasteiger partial charge >= 0.3 is 5.69 Å². The van der Waals surface area contributed by atoms with Gasteiger partial charge in [0.15, 0.2) is 6.61 Å². The lowest BCUT2D eigenvalue weighted by Gasteiger charge is -2.13. The molecule has 184 valence electrons. The molecule has 12 heteroatoms. The molecule has 2 bridgehead atoms. The van der Waals surface area contributed by atoms with Crippen LogP contribution in [0, 0.1) is 39.6 Å². The molecule has 3 amide bonds. The van der Waals surface area contributed by atoms with Gasteiger partial charge in [-0.3, -0.25) is 24.5 Å². The van der Waals surface area contributed by atoms with Gasteiger partial charge in [0.05, 0.1) is 28.0 Å². The molecular formula is C24H18ClFN4O6. The second-order valence-corrected chi connectivity index (χ2v) is 9.09. The van der Waals surface area contributed by atoms with Crippen LogP contribution >= 0.6 is 11.6 Å². The number of anilines is 1. The molecule has 10 nitrogen and oxygen atoms in total. The Morgan fingerprint density at radius 1 is 1.19 bits per heavy atom. The van der Waals surface area contributed by atoms with Crippen molar-refractivity contribution in [2.24, 2.45) is 28.8 Å². The van der Waals surface area contributed by atoms with Gasteiger partial charge < -0.3 is 10.1 Å². The number of hydrogen-bond acceptors (Lipinski definition) is 7. The summed E-state index contributed by atoms with van der Waals surface area (Å²) in [6, 6.07) is 7.44. The maximum absolute atomic E-state index is 13.0. The summed E-state index contributed by atoms with van der Waals surface area (Å²) in [6.45, 7) is -0.596. The fourth-order valence-electron chi connectivity index (χ4n) is 4.95. The van der Waals surface area contributed by atoms with Crippen molar-refractivity contribution in [3.05, 3.63) is 75.1 Å². The maximum atomic E-state index is 13.0. The van der Waals surface area contributed by atoms with Crippen molar-refractivity contribution in [3.8, 4) is 5.75 Å². The quantitative estimate of drug-likeness (QED) is 0.198. The lowest BCUT2D eigenvalue weighted by molar-refractivity contribution is -0.385. The van der Waals surface area contributed by atoms with E-state index in [0.29, 0.717) is 5.69 Å². The predicted molar refractivity (Wildman–Crippen MR) is 126 cm³/mol. The molecule has 2 aromatic carbocycles. The number of imide groups is 1. The summed E-state index contributed by atoms with van der Waals surface area (Å²) in [5.74, 6) is -2.99. The first-order valence-corrected chi connectivity index (χ1v) is 11.4. The number of halogens is 2. The molecule has 4 atom stereocenters. The number of hydrazone groups is 1. The smallest absolute Gasteiger partial charge is 0.313 e. The Kier molecular flexibility index (Phi) is 6.00. The first-order valence-electron chi connectivity index (χ1n) is 11.0. The molecule has 2 aliphatic carbocycles. The van der Waals surface area contributed by atoms with E-state index in [2.05, 4.69) is 10.4 Å². The number of carbonyl (C=O) groups excluding carboxylic acids is 3. The van der Waals surface area contributed by atoms with Crippen LogP contribution in [0.15, 0.2) is 53.7 Å². The first kappa shape index (κ1) is 23.6. The zero-order valence-corrected chi connectivity index (χ0v) is 19.2. The molecule has 1 saturated carbocycles. The van der Waals surface area contributed by atoms with E-state index in [0.717, 1.165) is 35.8 Å². The number of ether oxygens (including phenoxy) is 1. The van der Waals surface area contributed by atoms with Gasteiger partial charge in [0.1, 0.15) is 5.82 Å². The third-order valence-corrected chi connectivity index (χ3v) is 6.77. The molecule has 0 unspecified atom stereocenters. The molecule has 2 fully saturated rings. The number of allylic oxidation sites excluding steroid dienone is 2. The number of benzene rings is 2. The van der Waals surface area contributed by atoms with Crippen LogP contribution in [0.5, 0.6) is 5.75 Å². The van der Waals surface area contributed by atoms with Crippen molar-refractivity contribution in [3.63, 3.8) is 0 Å². The van der Waals surface area contributed by atoms with Crippen LogP contribution in [-0.4, -0.2) is 40.5 Å². The maximum Gasteiger partial charge on any atom is 0.313 e. The Bertz CT molecular complexity index is 1310. The van der Waals surface area contributed by atoms with Gasteiger partial charge in [-0.2, -0.15) is 10.1 Å². The number of nitro benzene ring substituents is 1. The molecule has 1 saturated heterocycles. The van der Waals surface area contributed by atoms with Crippen molar-refractivity contribution in [2.45, 2.75) is 6.42 Å². The number of nitro groups is 1. The van der Waals surface area contributed by atoms with Crippen LogP contribution in [0.3, 0.4) is 0 Å². The third kappa shape index (κ3) is 4.22. The molecule has 0 spiro atoms. The van der Waals surface area contributed by atoms with E-state index in [9.17, 15) is 28.9 Å². The number of carbonyl (C=O) groups is 3. The monoisotopic (exact) mass is 512 g/mol. The van der Waals surface area contributed by atoms with Crippen LogP contribution in [0.4, 0.5) is 15.8 Å². The number of amides is 3. The van der Waals surface area contributed by atoms with Gasteiger partial charge in [-0.1, -0.05) is 23.8 Å². The summed E-state index contributed by atoms with van der Waals surface area (Å²) >= 11 is 6.20. The normalized spacial score (nSPS) is 24.0. The van der Waals surface area contributed by atoms with Crippen LogP contribution in [0.1, 0.15) is 12.0 Å². The molecule has 36 heavy (non-hydrogen) atoms. The van der Waals surface area contributed by atoms with Gasteiger partial charge in [0, 0.05) is 17.3 Å². The molecule has 3 aliphatic rings. The minimum absolute atomic E-state index is 0.0314. The molecular weight excluding hydrogens is 495 g/mol. The highest BCUT2D eigenvalue weighted by Crippen LogP contribution is 2.52. The summed E-state index contributed by atoms with van der Waals surface area (Å²) in [5, 5.41) is 18.8. The number of fused-ring (bicyclic) bond motifs is 5. The Hall–Kier alpha value is -4.12. The van der Waals surface area contributed by atoms with Crippen molar-refractivity contribution in [1.82, 2.24) is 5.01 Å². The second-order valence-electron chi connectivity index (χ2n) is 8.68. The average molecular weight is 513 g/mol. The predicted octanol–water partition coefficient (Wildman–Crippen LogP) is 3.55. The standard InChI is InChI=1S/C24H18ClFN4O6/c25-17-7-12(10-27-29-23(32)20-13-1-2-14(9-13)21(20)24(29)33)8-18(30(34)35)22(17)36-11-19(31)28-16-5-3-15(26)4-6-16/h1-8,10,13-14,20-21H,9,11H2,(H,28,31)/t13-,14-,20-,21+/m0/s1. The summed E-state index contributed by atoms with van der Waals surface area (Å²) in [6.07, 6.45) is 5.86. The Balaban J connectivity index is 1.29. The van der Waals surface area contributed by atoms with Gasteiger partial charge in [-0.05, 0) is 48.6 Å². The highest BCUT2D eigenvalue weighted by molar-refractivity contribution is 6.32. The Morgan fingerprint density at radius 2 is 1.83 bits per heavy atom. The lowest BCUT2D eigenvalue weighted by atomic mass is 9.85. The molecule has 0 aromatic heterocycles. The topological polar surface area (TPSA) is 131 Å². The number of nitrogens with zero attached hydrogens (tertiary/aromatic N) is 3. The zero-order chi connectivity index (χ0) is 25.6. The van der Waals surface area contributed by atoms with Gasteiger partial charge in [-0.15, -0.1) is 0 Å². The van der Waals surface area contributed by atoms with Crippen LogP contribution in [-0.2, 0) is 14.4 Å². The van der Waals surface area contributed by atoms with E-state index in [1.165, 1.54) is 18.2 Å². The van der Waals surface area contributed by atoms with E-state index in [4.69, 9.17) is 16.3 Å². The van der Waals surface area contributed by atoms with E-state index in [1.807, 2.05) is 12.2 Å². The van der Waals surface area contributed by atoms with Crippen LogP contribution in [0.25, 0.3) is 0 Å². The molecule has 2 aromatic rings. The lowest BCUT2D eigenvalue weighted by Crippen LogP contribution is -2.28. The summed E-state index contributed by atoms with van der Waals surface area (Å²) < 4.78 is 18.3. The summed E-state index contributed by atoms with van der Waals surface area (Å²) in [4.78, 5) is 48.5. The largest absolute Gasteiger partial charge is 0.476 e. The highest BCUT2D eigenvalue weighted by Gasteiger charge is 2.59. The highest BCUT2D eigenvalue weighted by atomic mass is 35.5. The molecule has 0 radical (unpaired) electrons. The van der Waals surface area contributed by atoms with Crippen molar-refractivity contribution in [1.29, 1.82) is 0 Å². The fourth-order valence-corrected chi connectivity index (χ4v) is 5.22. The number of nitrogens with one attached hydrogen (secondary N) is 1. The van der Waals surface area contributed by atoms with Gasteiger partial charge in [-0.25, -0.2) is 4.39 Å². The van der Waals surface area contributed by atoms with E-state index < -0.39 is 40.8 Å². The Labute approximate surface area is 208 Å². The average Bonchev–Trinajstić information content (AvgIpc) is 3.52. The van der Waals surface area contributed by atoms with Gasteiger partial charge in [0.25, 0.3) is 17.7 Å². The number of rotatable bonds is 7. The van der Waals surface area contributed by atoms with Crippen LogP contribution < -0.4 is 10.1 Å². The van der Waals surface area contributed by atoms with Crippen molar-refractivity contribution in [2.75, 3.05) is 11.9 Å². The van der Waals surface area contributed by atoms with Crippen molar-refractivity contribution >= 4 is 46.9 Å². The third-order valence-electron chi connectivity index (χ3n) is 6.49. The first-order chi connectivity index (χ1) is 17.2. The summed E-state index contributed by atoms with van der Waals surface area (Å²) in [7, 11) is 0. The molecule has 5 rings (SSSR count). The SMILES string of the molecule is O=C(COc1c(Cl)cc(C=NN2C(=O)[C@@H]3[C@H](C2=O)[C@H]2C=C[C@H]3C2)cc1[N+](=O)[O-])Nc1ccc(F)cc1. The van der Waals surface area contributed by atoms with E-state index in [1.54, 1.807) is 0 Å². The Morgan fingerprint density at radius 3 is 2.44 bits per heavy atom. The molecule has 1 N–H and O–H groups in total. The van der Waals surface area contributed by atoms with E-state index in [-0.39, 0.29) is 40.0 Å². The fraction of sp³-hybridized carbons (Fsp3) is 0.250. The van der Waals surface area contributed by atoms with Crippen LogP contribution in [0.2, 0.25) is 5.02 Å². The number of hydrogen-bond donors (Lipinski definition) is 1. The minimum Gasteiger partial charge on any atom is -0.476 e. The molecule has 1 aliphatic heterocycles. The van der Waals surface area contributed by atoms with E-state index >= 15 is 0 Å². The summed E-state index contributed by atoms with van der Waals surface area (Å²) in [5.41, 5.74) is -0.0543. The zero-order valence-electron chi connectivity index (χ0n) is 18.5. The molecule has 1 heterocycles. The van der Waals surface area contributed by atoms with Crippen molar-refractivity contribution < 1.29 is 28.4 Å². The second kappa shape index (κ2) is 9.15.